The van der Waals surface area contributed by atoms with Crippen LogP contribution in [0.15, 0.2) is 255 Å². The molecule has 0 aliphatic heterocycles. The maximum absolute atomic E-state index is 13.1. The van der Waals surface area contributed by atoms with Crippen molar-refractivity contribution in [3.63, 3.8) is 0 Å². The van der Waals surface area contributed by atoms with Crippen LogP contribution < -0.4 is 0 Å². The SMILES string of the molecule is CC/C=C\C/C=C\C/C=C\C/C=C\C/C=C\C/C=C\CCC(=O)OCC(COP(=O)(O)OCC(O)COP(=O)(O)OCC(COC(=O)CC/C=C\C/C=C\C/C=C\C/C=C\C/C=C\C/C=C\CC)OC(=O)CCCCCC/C=C\C/C=C\C/C=C\C/C=C\CC)OC(=O)CCC/C=C\C/C=C\C/C=C\C/C=C\C/C=C\CC. The van der Waals surface area contributed by atoms with Crippen molar-refractivity contribution in [3.05, 3.63) is 255 Å². The molecule has 0 radical (unpaired) electrons. The van der Waals surface area contributed by atoms with Crippen LogP contribution >= 0.6 is 15.6 Å². The van der Waals surface area contributed by atoms with E-state index in [1.54, 1.807) is 0 Å². The molecule has 0 rings (SSSR count). The number of esters is 4. The van der Waals surface area contributed by atoms with Gasteiger partial charge in [-0.3, -0.25) is 37.3 Å². The Hall–Kier alpha value is -7.40. The number of hydrogen-bond donors (Lipinski definition) is 3. The number of unbranched alkanes of at least 4 members (excludes halogenated alkanes) is 5. The molecule has 0 amide bonds. The molecule has 0 aromatic carbocycles. The molecule has 3 N–H and O–H groups in total. The molecule has 0 aliphatic rings. The fourth-order valence-corrected chi connectivity index (χ4v) is 11.1. The quantitative estimate of drug-likeness (QED) is 0.0169. The molecule has 0 aromatic rings. The number of allylic oxidation sites excluding steroid dienone is 42. The lowest BCUT2D eigenvalue weighted by atomic mass is 10.1. The smallest absolute Gasteiger partial charge is 0.462 e. The second kappa shape index (κ2) is 81.6. The summed E-state index contributed by atoms with van der Waals surface area (Å²) in [5, 5.41) is 10.7. The van der Waals surface area contributed by atoms with Crippen molar-refractivity contribution in [2.24, 2.45) is 0 Å². The standard InChI is InChI=1S/C93H140O17P2/c1-5-9-13-17-21-25-29-33-37-41-43-47-49-53-57-61-65-69-73-77-90(95)103-83-88(109-92(97)79-75-71-67-63-59-55-51-45-39-35-31-27-23-19-15-11-7-3)85-107-111(99,100)105-81-87(94)82-106-112(101,102)108-86-89(110-93(98)80-76-72-68-64-60-56-52-46-40-36-32-28-24-20-16-12-8-4)84-104-91(96)78-74-70-66-62-58-54-50-48-44-42-38-34-30-26-22-18-14-10-6-2/h9-16,21-28,33-40,43-44,47-48,51-58,63,65-67,69-70,87-89,94H,5-8,17-20,29-32,41-42,45-46,49-50,59-62,64,68,71-86H2,1-4H3,(H,99,100)(H,101,102)/b13-9-,14-10-,15-11-,16-12-,25-21-,26-22-,27-23-,28-24-,37-33-,38-34-,39-35-,40-36-,47-43-,48-44-,55-51-,56-52-,57-53-,58-54-,67-63-,69-65-,70-66-. The monoisotopic (exact) mass is 1590 g/mol. The number of carbonyl (C=O) groups excluding carboxylic acids is 4. The van der Waals surface area contributed by atoms with E-state index in [-0.39, 0.29) is 25.7 Å². The molecule has 0 heterocycles. The normalized spacial score (nSPS) is 15.1. The maximum Gasteiger partial charge on any atom is 0.472 e. The Balaban J connectivity index is 5.63. The summed E-state index contributed by atoms with van der Waals surface area (Å²) in [6.45, 7) is 4.09. The molecule has 0 aromatic heterocycles. The summed E-state index contributed by atoms with van der Waals surface area (Å²) in [4.78, 5) is 73.1. The number of hydrogen-bond acceptors (Lipinski definition) is 15. The summed E-state index contributed by atoms with van der Waals surface area (Å²) in [6, 6.07) is 0. The largest absolute Gasteiger partial charge is 0.472 e. The number of aliphatic hydroxyl groups is 1. The van der Waals surface area contributed by atoms with Crippen molar-refractivity contribution in [2.45, 2.75) is 264 Å². The molecule has 17 nitrogen and oxygen atoms in total. The first-order chi connectivity index (χ1) is 54.7. The molecule has 0 spiro atoms. The summed E-state index contributed by atoms with van der Waals surface area (Å²) in [7, 11) is -10.1. The van der Waals surface area contributed by atoms with Crippen molar-refractivity contribution < 1.29 is 80.2 Å². The third-order valence-corrected chi connectivity index (χ3v) is 17.4. The van der Waals surface area contributed by atoms with Crippen LogP contribution in [0.3, 0.4) is 0 Å². The van der Waals surface area contributed by atoms with Gasteiger partial charge in [-0.1, -0.05) is 296 Å². The van der Waals surface area contributed by atoms with Gasteiger partial charge < -0.3 is 33.8 Å². The Labute approximate surface area is 675 Å². The van der Waals surface area contributed by atoms with E-state index in [2.05, 4.69) is 234 Å². The average Bonchev–Trinajstić information content (AvgIpc) is 0.895. The van der Waals surface area contributed by atoms with Crippen LogP contribution in [-0.4, -0.2) is 96.7 Å². The zero-order chi connectivity index (χ0) is 81.7. The molecule has 0 saturated heterocycles. The number of phosphoric ester groups is 2. The highest BCUT2D eigenvalue weighted by Crippen LogP contribution is 2.45. The van der Waals surface area contributed by atoms with Crippen molar-refractivity contribution in [1.82, 2.24) is 0 Å². The number of aliphatic hydroxyl groups excluding tert-OH is 1. The van der Waals surface area contributed by atoms with Gasteiger partial charge in [0.25, 0.3) is 0 Å². The van der Waals surface area contributed by atoms with Crippen molar-refractivity contribution >= 4 is 39.5 Å². The molecule has 0 saturated carbocycles. The van der Waals surface area contributed by atoms with Gasteiger partial charge in [-0.2, -0.15) is 0 Å². The molecular formula is C93H140O17P2. The van der Waals surface area contributed by atoms with E-state index in [0.29, 0.717) is 44.9 Å². The predicted molar refractivity (Wildman–Crippen MR) is 463 cm³/mol. The number of carbonyl (C=O) groups is 4. The second-order valence-corrected chi connectivity index (χ2v) is 28.7. The van der Waals surface area contributed by atoms with Crippen molar-refractivity contribution in [2.75, 3.05) is 39.6 Å². The minimum absolute atomic E-state index is 0.00983. The van der Waals surface area contributed by atoms with Crippen LogP contribution in [0.2, 0.25) is 0 Å². The first-order valence-electron chi connectivity index (χ1n) is 40.9. The summed E-state index contributed by atoms with van der Waals surface area (Å²) < 4.78 is 68.5. The van der Waals surface area contributed by atoms with Gasteiger partial charge in [-0.15, -0.1) is 0 Å². The van der Waals surface area contributed by atoms with E-state index in [0.717, 1.165) is 148 Å². The van der Waals surface area contributed by atoms with Crippen molar-refractivity contribution in [1.29, 1.82) is 0 Å². The van der Waals surface area contributed by atoms with E-state index in [1.807, 2.05) is 48.6 Å². The highest BCUT2D eigenvalue weighted by atomic mass is 31.2. The Kier molecular flexibility index (Phi) is 76.2. The van der Waals surface area contributed by atoms with Gasteiger partial charge in [0.1, 0.15) is 19.3 Å². The van der Waals surface area contributed by atoms with Gasteiger partial charge in [0.2, 0.25) is 0 Å². The average molecular weight is 1590 g/mol. The predicted octanol–water partition coefficient (Wildman–Crippen LogP) is 24.5. The molecule has 624 valence electrons. The van der Waals surface area contributed by atoms with Gasteiger partial charge in [0.15, 0.2) is 12.2 Å². The molecule has 19 heteroatoms. The maximum atomic E-state index is 13.1. The Morgan fingerprint density at radius 2 is 0.464 bits per heavy atom. The zero-order valence-corrected chi connectivity index (χ0v) is 70.0. The van der Waals surface area contributed by atoms with Gasteiger partial charge in [-0.05, 0) is 180 Å². The second-order valence-electron chi connectivity index (χ2n) is 25.8. The summed E-state index contributed by atoms with van der Waals surface area (Å²) in [5.41, 5.74) is 0. The van der Waals surface area contributed by atoms with E-state index < -0.39 is 97.5 Å². The molecule has 5 unspecified atom stereocenters. The fourth-order valence-electron chi connectivity index (χ4n) is 9.47. The van der Waals surface area contributed by atoms with Gasteiger partial charge in [0, 0.05) is 25.7 Å². The minimum atomic E-state index is -5.04. The minimum Gasteiger partial charge on any atom is -0.462 e. The molecule has 5 atom stereocenters. The number of phosphoric acid groups is 2. The topological polar surface area (TPSA) is 237 Å². The van der Waals surface area contributed by atoms with Gasteiger partial charge in [-0.25, -0.2) is 9.13 Å². The third-order valence-electron chi connectivity index (χ3n) is 15.5. The summed E-state index contributed by atoms with van der Waals surface area (Å²) in [6.07, 6.45) is 109. The van der Waals surface area contributed by atoms with E-state index in [9.17, 15) is 43.2 Å². The Morgan fingerprint density at radius 1 is 0.250 bits per heavy atom. The van der Waals surface area contributed by atoms with Crippen LogP contribution in [0.4, 0.5) is 0 Å². The fraction of sp³-hybridized carbons (Fsp3) is 0.505. The number of rotatable bonds is 73. The van der Waals surface area contributed by atoms with Gasteiger partial charge in [0.05, 0.1) is 26.4 Å². The molecule has 0 bridgehead atoms. The third kappa shape index (κ3) is 80.6. The summed E-state index contributed by atoms with van der Waals surface area (Å²) >= 11 is 0. The lowest BCUT2D eigenvalue weighted by Crippen LogP contribution is -2.30. The van der Waals surface area contributed by atoms with Crippen LogP contribution in [0.25, 0.3) is 0 Å². The Morgan fingerprint density at radius 3 is 0.732 bits per heavy atom. The zero-order valence-electron chi connectivity index (χ0n) is 68.2. The number of ether oxygens (including phenoxy) is 4. The molecule has 0 fully saturated rings. The Bertz CT molecular complexity index is 3140. The van der Waals surface area contributed by atoms with Crippen LogP contribution in [0.5, 0.6) is 0 Å². The van der Waals surface area contributed by atoms with Crippen LogP contribution in [-0.2, 0) is 65.4 Å². The first kappa shape index (κ1) is 105. The van der Waals surface area contributed by atoms with E-state index >= 15 is 0 Å². The lowest BCUT2D eigenvalue weighted by Gasteiger charge is -2.21. The highest BCUT2D eigenvalue weighted by Gasteiger charge is 2.30. The van der Waals surface area contributed by atoms with Crippen LogP contribution in [0.1, 0.15) is 246 Å². The van der Waals surface area contributed by atoms with Crippen LogP contribution in [0, 0.1) is 0 Å². The van der Waals surface area contributed by atoms with Gasteiger partial charge >= 0.3 is 39.5 Å². The van der Waals surface area contributed by atoms with E-state index in [1.165, 1.54) is 0 Å². The molecular weight excluding hydrogens is 1450 g/mol. The molecule has 0 aliphatic carbocycles. The lowest BCUT2D eigenvalue weighted by molar-refractivity contribution is -0.161. The highest BCUT2D eigenvalue weighted by molar-refractivity contribution is 7.47. The van der Waals surface area contributed by atoms with Crippen molar-refractivity contribution in [3.8, 4) is 0 Å². The first-order valence-corrected chi connectivity index (χ1v) is 43.9. The van der Waals surface area contributed by atoms with E-state index in [4.69, 9.17) is 37.0 Å². The molecule has 112 heavy (non-hydrogen) atoms. The summed E-state index contributed by atoms with van der Waals surface area (Å²) in [5.74, 6) is -2.51.